The molecule has 5 heterocycles. The first-order valence-corrected chi connectivity index (χ1v) is 11.2. The number of carbonyl (C=O) groups excluding carboxylic acids is 1. The van der Waals surface area contributed by atoms with Gasteiger partial charge in [0.2, 0.25) is 5.88 Å². The number of nitrogens with zero attached hydrogens (tertiary/aromatic N) is 7. The summed E-state index contributed by atoms with van der Waals surface area (Å²) in [5.74, 6) is 0.475. The van der Waals surface area contributed by atoms with E-state index in [0.29, 0.717) is 37.6 Å². The van der Waals surface area contributed by atoms with Gasteiger partial charge in [-0.2, -0.15) is 10.1 Å². The zero-order chi connectivity index (χ0) is 23.2. The van der Waals surface area contributed by atoms with Crippen molar-refractivity contribution in [3.05, 3.63) is 42.9 Å². The van der Waals surface area contributed by atoms with Crippen LogP contribution in [0.4, 0.5) is 5.69 Å². The van der Waals surface area contributed by atoms with Crippen LogP contribution in [0.5, 0.6) is 5.88 Å². The van der Waals surface area contributed by atoms with Crippen LogP contribution in [0.25, 0.3) is 28.0 Å². The molecule has 0 spiro atoms. The second-order valence-corrected chi connectivity index (χ2v) is 8.55. The lowest BCUT2D eigenvalue weighted by Crippen LogP contribution is -2.41. The van der Waals surface area contributed by atoms with Crippen LogP contribution in [0.15, 0.2) is 42.9 Å². The van der Waals surface area contributed by atoms with Gasteiger partial charge in [-0.15, -0.1) is 5.10 Å². The number of amides is 1. The fraction of sp³-hybridized carbons (Fsp3) is 0.348. The van der Waals surface area contributed by atoms with Crippen LogP contribution in [0.3, 0.4) is 0 Å². The monoisotopic (exact) mass is 460 g/mol. The summed E-state index contributed by atoms with van der Waals surface area (Å²) in [5, 5.41) is 16.3. The minimum atomic E-state index is -0.451. The first-order valence-electron chi connectivity index (χ1n) is 11.2. The van der Waals surface area contributed by atoms with Crippen molar-refractivity contribution in [1.29, 1.82) is 0 Å². The molecule has 0 radical (unpaired) electrons. The topological polar surface area (TPSA) is 112 Å². The molecule has 1 amide bonds. The van der Waals surface area contributed by atoms with Gasteiger partial charge in [0, 0.05) is 62.7 Å². The Bertz CT molecular complexity index is 1380. The predicted molar refractivity (Wildman–Crippen MR) is 123 cm³/mol. The smallest absolute Gasteiger partial charge is 0.252 e. The molecule has 2 aliphatic heterocycles. The second kappa shape index (κ2) is 8.10. The Labute approximate surface area is 195 Å². The quantitative estimate of drug-likeness (QED) is 0.480. The second-order valence-electron chi connectivity index (χ2n) is 8.55. The highest BCUT2D eigenvalue weighted by Gasteiger charge is 2.39. The van der Waals surface area contributed by atoms with Crippen molar-refractivity contribution in [2.24, 2.45) is 7.05 Å². The van der Waals surface area contributed by atoms with Crippen LogP contribution >= 0.6 is 0 Å². The van der Waals surface area contributed by atoms with Gasteiger partial charge >= 0.3 is 0 Å². The molecule has 11 heteroatoms. The van der Waals surface area contributed by atoms with Gasteiger partial charge in [-0.25, -0.2) is 4.52 Å². The number of fused-ring (bicyclic) bond motifs is 5. The predicted octanol–water partition coefficient (Wildman–Crippen LogP) is 1.61. The van der Waals surface area contributed by atoms with Crippen molar-refractivity contribution in [3.8, 4) is 28.3 Å². The summed E-state index contributed by atoms with van der Waals surface area (Å²) in [5.41, 5.74) is 5.10. The summed E-state index contributed by atoms with van der Waals surface area (Å²) in [4.78, 5) is 19.4. The average Bonchev–Trinajstić information content (AvgIpc) is 3.54. The third kappa shape index (κ3) is 3.54. The summed E-state index contributed by atoms with van der Waals surface area (Å²) in [6, 6.07) is 7.84. The Kier molecular flexibility index (Phi) is 4.91. The number of hydrogen-bond donors (Lipinski definition) is 1. The van der Waals surface area contributed by atoms with E-state index in [1.807, 2.05) is 30.4 Å². The van der Waals surface area contributed by atoms with E-state index in [-0.39, 0.29) is 11.9 Å². The molecule has 0 unspecified atom stereocenters. The SMILES string of the molecule is CO[C@@H]1C[C@H]2COc3ccn4ncc(c4n3)-c3cc(cc(-c4cn(C)nn4)c3)NCCN2C1=O. The summed E-state index contributed by atoms with van der Waals surface area (Å²) in [6.07, 6.45) is 5.64. The third-order valence-electron chi connectivity index (χ3n) is 6.36. The van der Waals surface area contributed by atoms with Gasteiger partial charge in [0.1, 0.15) is 18.4 Å². The highest BCUT2D eigenvalue weighted by Crippen LogP contribution is 2.32. The van der Waals surface area contributed by atoms with Crippen molar-refractivity contribution in [2.75, 3.05) is 32.1 Å². The number of aromatic nitrogens is 6. The third-order valence-corrected chi connectivity index (χ3v) is 6.36. The molecule has 0 aliphatic carbocycles. The fourth-order valence-corrected chi connectivity index (χ4v) is 4.64. The number of aryl methyl sites for hydroxylation is 1. The highest BCUT2D eigenvalue weighted by molar-refractivity contribution is 5.84. The van der Waals surface area contributed by atoms with E-state index in [0.717, 1.165) is 28.1 Å². The van der Waals surface area contributed by atoms with Crippen LogP contribution in [-0.2, 0) is 16.6 Å². The Morgan fingerprint density at radius 1 is 1.24 bits per heavy atom. The molecule has 4 bridgehead atoms. The molecule has 11 nitrogen and oxygen atoms in total. The number of rotatable bonds is 2. The molecule has 2 aliphatic rings. The Morgan fingerprint density at radius 3 is 2.94 bits per heavy atom. The number of nitrogens with one attached hydrogen (secondary N) is 1. The Morgan fingerprint density at radius 2 is 2.12 bits per heavy atom. The lowest BCUT2D eigenvalue weighted by Gasteiger charge is -2.25. The number of hydrogen-bond acceptors (Lipinski definition) is 8. The standard InChI is InChI=1S/C23H24N8O3/c1-29-12-19(27-28-29)15-7-14-8-16(9-15)24-4-6-30-17(10-20(33-2)23(30)32)13-34-21-3-5-31-22(26-21)18(14)11-25-31/h3,5,7-9,11-12,17,20,24H,4,6,10,13H2,1-2H3/t17-,20+/m0/s1. The van der Waals surface area contributed by atoms with Crippen molar-refractivity contribution >= 4 is 17.2 Å². The van der Waals surface area contributed by atoms with Gasteiger partial charge in [0.25, 0.3) is 5.91 Å². The normalized spacial score (nSPS) is 20.2. The van der Waals surface area contributed by atoms with E-state index in [9.17, 15) is 4.79 Å². The Balaban J connectivity index is 1.46. The number of methoxy groups -OCH3 is 1. The summed E-state index contributed by atoms with van der Waals surface area (Å²) >= 11 is 0. The molecule has 2 atom stereocenters. The number of carbonyl (C=O) groups is 1. The summed E-state index contributed by atoms with van der Waals surface area (Å²) < 4.78 is 14.9. The van der Waals surface area contributed by atoms with Gasteiger partial charge in [0.15, 0.2) is 5.65 Å². The molecular formula is C23H24N8O3. The summed E-state index contributed by atoms with van der Waals surface area (Å²) in [6.45, 7) is 1.46. The average molecular weight is 460 g/mol. The fourth-order valence-electron chi connectivity index (χ4n) is 4.64. The molecule has 1 saturated heterocycles. The van der Waals surface area contributed by atoms with Crippen LogP contribution in [0, 0.1) is 0 Å². The lowest BCUT2D eigenvalue weighted by molar-refractivity contribution is -0.136. The van der Waals surface area contributed by atoms with Gasteiger partial charge < -0.3 is 19.7 Å². The number of benzene rings is 1. The van der Waals surface area contributed by atoms with Crippen molar-refractivity contribution in [2.45, 2.75) is 18.6 Å². The van der Waals surface area contributed by atoms with Crippen molar-refractivity contribution < 1.29 is 14.3 Å². The Hall–Kier alpha value is -3.99. The molecule has 6 rings (SSSR count). The van der Waals surface area contributed by atoms with Gasteiger partial charge in [-0.3, -0.25) is 9.48 Å². The van der Waals surface area contributed by atoms with E-state index >= 15 is 0 Å². The zero-order valence-corrected chi connectivity index (χ0v) is 18.9. The maximum atomic E-state index is 12.9. The van der Waals surface area contributed by atoms with Crippen molar-refractivity contribution in [1.82, 2.24) is 34.5 Å². The maximum Gasteiger partial charge on any atom is 0.252 e. The molecule has 1 N–H and O–H groups in total. The number of ether oxygens (including phenoxy) is 2. The molecule has 3 aromatic heterocycles. The molecule has 1 aromatic carbocycles. The van der Waals surface area contributed by atoms with E-state index in [4.69, 9.17) is 14.5 Å². The number of anilines is 1. The van der Waals surface area contributed by atoms with E-state index < -0.39 is 6.10 Å². The molecule has 4 aromatic rings. The first kappa shape index (κ1) is 20.6. The molecular weight excluding hydrogens is 436 g/mol. The lowest BCUT2D eigenvalue weighted by atomic mass is 10.0. The van der Waals surface area contributed by atoms with Crippen molar-refractivity contribution in [3.63, 3.8) is 0 Å². The minimum absolute atomic E-state index is 0.0134. The minimum Gasteiger partial charge on any atom is -0.475 e. The van der Waals surface area contributed by atoms with Crippen LogP contribution < -0.4 is 10.1 Å². The largest absolute Gasteiger partial charge is 0.475 e. The first-order chi connectivity index (χ1) is 16.6. The van der Waals surface area contributed by atoms with Gasteiger partial charge in [-0.1, -0.05) is 5.21 Å². The zero-order valence-electron chi connectivity index (χ0n) is 18.9. The van der Waals surface area contributed by atoms with E-state index in [2.05, 4.69) is 32.9 Å². The molecule has 34 heavy (non-hydrogen) atoms. The van der Waals surface area contributed by atoms with E-state index in [1.54, 1.807) is 28.6 Å². The van der Waals surface area contributed by atoms with Gasteiger partial charge in [0.05, 0.1) is 18.4 Å². The summed E-state index contributed by atoms with van der Waals surface area (Å²) in [7, 11) is 3.41. The van der Waals surface area contributed by atoms with Crippen LogP contribution in [0.1, 0.15) is 6.42 Å². The van der Waals surface area contributed by atoms with Crippen LogP contribution in [0.2, 0.25) is 0 Å². The molecule has 0 saturated carbocycles. The molecule has 1 fully saturated rings. The highest BCUT2D eigenvalue weighted by atomic mass is 16.5. The molecule has 174 valence electrons. The maximum absolute atomic E-state index is 12.9. The van der Waals surface area contributed by atoms with Crippen LogP contribution in [-0.4, -0.2) is 79.4 Å². The van der Waals surface area contributed by atoms with Gasteiger partial charge in [-0.05, 0) is 23.8 Å². The van der Waals surface area contributed by atoms with E-state index in [1.165, 1.54) is 0 Å².